The molecule has 4 heteroatoms. The normalized spacial score (nSPS) is 14.1. The number of amides is 1. The van der Waals surface area contributed by atoms with Crippen molar-refractivity contribution in [2.24, 2.45) is 0 Å². The number of carbonyl (C=O) groups excluding carboxylic acids is 1. The molecular weight excluding hydrogens is 334 g/mol. The van der Waals surface area contributed by atoms with Crippen LogP contribution in [0.2, 0.25) is 0 Å². The van der Waals surface area contributed by atoms with Crippen molar-refractivity contribution in [2.45, 2.75) is 33.1 Å². The highest BCUT2D eigenvalue weighted by Crippen LogP contribution is 2.24. The molecule has 3 rings (SSSR count). The van der Waals surface area contributed by atoms with Crippen LogP contribution in [0.3, 0.4) is 0 Å². The van der Waals surface area contributed by atoms with Crippen molar-refractivity contribution in [3.63, 3.8) is 0 Å². The molecule has 1 amide bonds. The van der Waals surface area contributed by atoms with E-state index in [1.54, 1.807) is 6.08 Å². The van der Waals surface area contributed by atoms with Crippen LogP contribution in [0.1, 0.15) is 36.5 Å². The summed E-state index contributed by atoms with van der Waals surface area (Å²) >= 11 is 0. The molecule has 138 valence electrons. The highest BCUT2D eigenvalue weighted by molar-refractivity contribution is 6.10. The first-order chi connectivity index (χ1) is 13.1. The van der Waals surface area contributed by atoms with Crippen molar-refractivity contribution >= 4 is 23.4 Å². The predicted molar refractivity (Wildman–Crippen MR) is 111 cm³/mol. The van der Waals surface area contributed by atoms with E-state index < -0.39 is 0 Å². The minimum absolute atomic E-state index is 0.109. The first-order valence-electron chi connectivity index (χ1n) is 9.49. The van der Waals surface area contributed by atoms with E-state index in [1.807, 2.05) is 50.2 Å². The molecule has 27 heavy (non-hydrogen) atoms. The molecule has 1 aliphatic heterocycles. The summed E-state index contributed by atoms with van der Waals surface area (Å²) in [6.45, 7) is 6.25. The molecule has 0 spiro atoms. The predicted octanol–water partition coefficient (Wildman–Crippen LogP) is 4.70. The van der Waals surface area contributed by atoms with Crippen molar-refractivity contribution in [1.82, 2.24) is 0 Å². The summed E-state index contributed by atoms with van der Waals surface area (Å²) in [5.41, 5.74) is 5.09. The number of hydrogen-bond donors (Lipinski definition) is 1. The Hall–Kier alpha value is -3.06. The van der Waals surface area contributed by atoms with E-state index in [1.165, 1.54) is 18.5 Å². The van der Waals surface area contributed by atoms with Crippen LogP contribution in [-0.2, 0) is 11.2 Å². The quantitative estimate of drug-likeness (QED) is 0.622. The fourth-order valence-corrected chi connectivity index (χ4v) is 3.44. The van der Waals surface area contributed by atoms with Crippen molar-refractivity contribution in [2.75, 3.05) is 23.3 Å². The first kappa shape index (κ1) is 18.7. The first-order valence-corrected chi connectivity index (χ1v) is 9.49. The van der Waals surface area contributed by atoms with Gasteiger partial charge in [-0.3, -0.25) is 4.79 Å². The summed E-state index contributed by atoms with van der Waals surface area (Å²) in [4.78, 5) is 15.0. The summed E-state index contributed by atoms with van der Waals surface area (Å²) < 4.78 is 0. The zero-order valence-corrected chi connectivity index (χ0v) is 16.0. The maximum atomic E-state index is 12.6. The topological polar surface area (TPSA) is 56.1 Å². The second kappa shape index (κ2) is 8.55. The van der Waals surface area contributed by atoms with Gasteiger partial charge in [0, 0.05) is 24.5 Å². The number of nitrogens with one attached hydrogen (secondary N) is 1. The SMILES string of the molecule is CCc1ccccc1NC(=O)/C(C#N)=C\c1ccc(N2CCCC2)cc1C. The number of para-hydroxylation sites is 1. The van der Waals surface area contributed by atoms with E-state index in [0.717, 1.165) is 41.9 Å². The third-order valence-electron chi connectivity index (χ3n) is 5.04. The Morgan fingerprint density at radius 1 is 1.22 bits per heavy atom. The molecule has 0 unspecified atom stereocenters. The van der Waals surface area contributed by atoms with E-state index in [0.29, 0.717) is 0 Å². The van der Waals surface area contributed by atoms with Crippen LogP contribution >= 0.6 is 0 Å². The Balaban J connectivity index is 1.81. The molecule has 1 heterocycles. The van der Waals surface area contributed by atoms with E-state index in [9.17, 15) is 10.1 Å². The second-order valence-electron chi connectivity index (χ2n) is 6.87. The number of hydrogen-bond acceptors (Lipinski definition) is 3. The number of nitriles is 1. The molecule has 1 saturated heterocycles. The number of nitrogens with zero attached hydrogens (tertiary/aromatic N) is 2. The summed E-state index contributed by atoms with van der Waals surface area (Å²) in [6, 6.07) is 15.9. The molecule has 0 bridgehead atoms. The Morgan fingerprint density at radius 2 is 1.96 bits per heavy atom. The number of aryl methyl sites for hydroxylation is 2. The van der Waals surface area contributed by atoms with Crippen LogP contribution in [0.4, 0.5) is 11.4 Å². The highest BCUT2D eigenvalue weighted by atomic mass is 16.1. The fraction of sp³-hybridized carbons (Fsp3) is 0.304. The van der Waals surface area contributed by atoms with E-state index in [4.69, 9.17) is 0 Å². The van der Waals surface area contributed by atoms with E-state index >= 15 is 0 Å². The largest absolute Gasteiger partial charge is 0.372 e. The van der Waals surface area contributed by atoms with E-state index in [2.05, 4.69) is 22.3 Å². The molecule has 0 aliphatic carbocycles. The molecule has 4 nitrogen and oxygen atoms in total. The van der Waals surface area contributed by atoms with Gasteiger partial charge in [-0.15, -0.1) is 0 Å². The third-order valence-corrected chi connectivity index (χ3v) is 5.04. The molecule has 0 saturated carbocycles. The minimum Gasteiger partial charge on any atom is -0.372 e. The zero-order chi connectivity index (χ0) is 19.2. The second-order valence-corrected chi connectivity index (χ2v) is 6.87. The number of rotatable bonds is 5. The van der Waals surface area contributed by atoms with Gasteiger partial charge in [0.05, 0.1) is 0 Å². The minimum atomic E-state index is -0.374. The standard InChI is InChI=1S/C23H25N3O/c1-3-18-8-4-5-9-22(18)25-23(27)20(16-24)15-19-10-11-21(14-17(19)2)26-12-6-7-13-26/h4-5,8-11,14-15H,3,6-7,12-13H2,1-2H3,(H,25,27)/b20-15-. The lowest BCUT2D eigenvalue weighted by Crippen LogP contribution is -2.17. The molecule has 1 aliphatic rings. The summed E-state index contributed by atoms with van der Waals surface area (Å²) in [6.07, 6.45) is 4.96. The van der Waals surface area contributed by atoms with Crippen LogP contribution in [0, 0.1) is 18.3 Å². The molecule has 1 N–H and O–H groups in total. The summed E-state index contributed by atoms with van der Waals surface area (Å²) in [7, 11) is 0. The lowest BCUT2D eigenvalue weighted by Gasteiger charge is -2.18. The van der Waals surface area contributed by atoms with Gasteiger partial charge in [-0.2, -0.15) is 5.26 Å². The van der Waals surface area contributed by atoms with Crippen LogP contribution in [-0.4, -0.2) is 19.0 Å². The summed E-state index contributed by atoms with van der Waals surface area (Å²) in [5.74, 6) is -0.374. The Morgan fingerprint density at radius 3 is 2.63 bits per heavy atom. The smallest absolute Gasteiger partial charge is 0.266 e. The van der Waals surface area contributed by atoms with Gasteiger partial charge in [0.15, 0.2) is 0 Å². The zero-order valence-electron chi connectivity index (χ0n) is 16.0. The van der Waals surface area contributed by atoms with Gasteiger partial charge in [0.25, 0.3) is 5.91 Å². The molecule has 2 aromatic rings. The van der Waals surface area contributed by atoms with Gasteiger partial charge in [0.1, 0.15) is 11.6 Å². The molecule has 0 radical (unpaired) electrons. The average molecular weight is 359 g/mol. The summed E-state index contributed by atoms with van der Waals surface area (Å²) in [5, 5.41) is 12.4. The van der Waals surface area contributed by atoms with Gasteiger partial charge in [-0.1, -0.05) is 31.2 Å². The van der Waals surface area contributed by atoms with Crippen LogP contribution in [0.15, 0.2) is 48.0 Å². The number of benzene rings is 2. The third kappa shape index (κ3) is 4.38. The van der Waals surface area contributed by atoms with Gasteiger partial charge in [-0.05, 0) is 67.2 Å². The van der Waals surface area contributed by atoms with Gasteiger partial charge < -0.3 is 10.2 Å². The van der Waals surface area contributed by atoms with Crippen molar-refractivity contribution in [3.8, 4) is 6.07 Å². The van der Waals surface area contributed by atoms with Gasteiger partial charge >= 0.3 is 0 Å². The lowest BCUT2D eigenvalue weighted by atomic mass is 10.0. The monoisotopic (exact) mass is 359 g/mol. The molecule has 0 aromatic heterocycles. The average Bonchev–Trinajstić information content (AvgIpc) is 3.22. The van der Waals surface area contributed by atoms with Crippen LogP contribution in [0.5, 0.6) is 0 Å². The number of carbonyl (C=O) groups is 1. The Bertz CT molecular complexity index is 902. The lowest BCUT2D eigenvalue weighted by molar-refractivity contribution is -0.112. The Labute approximate surface area is 161 Å². The van der Waals surface area contributed by atoms with Gasteiger partial charge in [0.2, 0.25) is 0 Å². The molecule has 2 aromatic carbocycles. The maximum Gasteiger partial charge on any atom is 0.266 e. The molecule has 1 fully saturated rings. The van der Waals surface area contributed by atoms with Crippen molar-refractivity contribution in [3.05, 3.63) is 64.7 Å². The van der Waals surface area contributed by atoms with Crippen LogP contribution in [0.25, 0.3) is 6.08 Å². The number of anilines is 2. The molecular formula is C23H25N3O. The fourth-order valence-electron chi connectivity index (χ4n) is 3.44. The Kier molecular flexibility index (Phi) is 5.93. The van der Waals surface area contributed by atoms with Crippen molar-refractivity contribution in [1.29, 1.82) is 5.26 Å². The maximum absolute atomic E-state index is 12.6. The van der Waals surface area contributed by atoms with Crippen molar-refractivity contribution < 1.29 is 4.79 Å². The highest BCUT2D eigenvalue weighted by Gasteiger charge is 2.14. The van der Waals surface area contributed by atoms with Crippen LogP contribution < -0.4 is 10.2 Å². The van der Waals surface area contributed by atoms with Gasteiger partial charge in [-0.25, -0.2) is 0 Å². The molecule has 0 atom stereocenters. The van der Waals surface area contributed by atoms with E-state index in [-0.39, 0.29) is 11.5 Å².